The molecule has 2 N–H and O–H groups in total. The molecule has 1 aromatic heterocycles. The Labute approximate surface area is 92.0 Å². The molecule has 0 aliphatic heterocycles. The van der Waals surface area contributed by atoms with E-state index in [0.717, 1.165) is 12.1 Å². The maximum absolute atomic E-state index is 5.72. The number of nitrogens with two attached hydrogens (primary N) is 1. The molecule has 1 aromatic rings. The second kappa shape index (κ2) is 5.12. The average molecular weight is 207 g/mol. The highest BCUT2D eigenvalue weighted by molar-refractivity contribution is 5.55. The molecule has 0 aliphatic carbocycles. The predicted molar refractivity (Wildman–Crippen MR) is 64.5 cm³/mol. The van der Waals surface area contributed by atoms with E-state index in [1.165, 1.54) is 11.1 Å². The van der Waals surface area contributed by atoms with E-state index in [0.29, 0.717) is 12.5 Å². The number of hydrogen-bond acceptors (Lipinski definition) is 2. The van der Waals surface area contributed by atoms with Crippen LogP contribution >= 0.6 is 0 Å². The molecule has 0 amide bonds. The number of hydrogen-bond donors (Lipinski definition) is 1. The molecule has 0 aromatic carbocycles. The fraction of sp³-hybridized carbons (Fsp3) is 0.583. The van der Waals surface area contributed by atoms with Crippen molar-refractivity contribution in [2.45, 2.75) is 27.2 Å². The van der Waals surface area contributed by atoms with Crippen molar-refractivity contribution in [3.05, 3.63) is 23.0 Å². The van der Waals surface area contributed by atoms with Crippen molar-refractivity contribution in [2.24, 2.45) is 18.7 Å². The first-order chi connectivity index (χ1) is 7.08. The highest BCUT2D eigenvalue weighted by Gasteiger charge is 2.06. The molecular formula is C12H21N3. The molecular weight excluding hydrogens is 186 g/mol. The molecule has 15 heavy (non-hydrogen) atoms. The summed E-state index contributed by atoms with van der Waals surface area (Å²) in [5, 5.41) is 4.41. The van der Waals surface area contributed by atoms with Crippen LogP contribution in [0.3, 0.4) is 0 Å². The Hall–Kier alpha value is -1.09. The minimum absolute atomic E-state index is 0.500. The van der Waals surface area contributed by atoms with Crippen molar-refractivity contribution in [1.82, 2.24) is 9.78 Å². The maximum atomic E-state index is 5.72. The fourth-order valence-electron chi connectivity index (χ4n) is 1.61. The van der Waals surface area contributed by atoms with Gasteiger partial charge in [0, 0.05) is 25.4 Å². The Morgan fingerprint density at radius 2 is 2.27 bits per heavy atom. The van der Waals surface area contributed by atoms with Crippen LogP contribution in [-0.2, 0) is 13.5 Å². The van der Waals surface area contributed by atoms with Crippen LogP contribution in [0.5, 0.6) is 0 Å². The molecule has 0 radical (unpaired) electrons. The van der Waals surface area contributed by atoms with Crippen LogP contribution in [0.15, 0.2) is 11.8 Å². The van der Waals surface area contributed by atoms with Crippen LogP contribution in [0.2, 0.25) is 0 Å². The van der Waals surface area contributed by atoms with Gasteiger partial charge in [0.05, 0.1) is 5.69 Å². The van der Waals surface area contributed by atoms with Crippen molar-refractivity contribution in [1.29, 1.82) is 0 Å². The maximum Gasteiger partial charge on any atom is 0.0694 e. The highest BCUT2D eigenvalue weighted by atomic mass is 15.2. The van der Waals surface area contributed by atoms with E-state index < -0.39 is 0 Å². The lowest BCUT2D eigenvalue weighted by molar-refractivity contribution is 0.746. The molecule has 0 spiro atoms. The first-order valence-electron chi connectivity index (χ1n) is 5.51. The zero-order chi connectivity index (χ0) is 11.4. The zero-order valence-electron chi connectivity index (χ0n) is 10.1. The molecule has 84 valence electrons. The summed E-state index contributed by atoms with van der Waals surface area (Å²) in [6.07, 6.45) is 5.19. The molecule has 0 saturated carbocycles. The first kappa shape index (κ1) is 12.0. The number of rotatable bonds is 4. The van der Waals surface area contributed by atoms with Crippen LogP contribution in [0.25, 0.3) is 6.08 Å². The first-order valence-corrected chi connectivity index (χ1v) is 5.51. The van der Waals surface area contributed by atoms with Gasteiger partial charge in [0.15, 0.2) is 0 Å². The van der Waals surface area contributed by atoms with Crippen molar-refractivity contribution in [3.8, 4) is 0 Å². The normalized spacial score (nSPS) is 12.5. The number of nitrogens with zero attached hydrogens (tertiary/aromatic N) is 2. The minimum atomic E-state index is 0.500. The lowest BCUT2D eigenvalue weighted by Crippen LogP contribution is -2.08. The third-order valence-electron chi connectivity index (χ3n) is 2.59. The van der Waals surface area contributed by atoms with E-state index >= 15 is 0 Å². The van der Waals surface area contributed by atoms with Crippen LogP contribution in [-0.4, -0.2) is 16.3 Å². The SMILES string of the molecule is CCc1nn(C)cc1/C=C(/CN)C(C)C. The molecule has 3 nitrogen and oxygen atoms in total. The molecule has 0 saturated heterocycles. The molecule has 0 fully saturated rings. The van der Waals surface area contributed by atoms with Gasteiger partial charge in [-0.2, -0.15) is 5.10 Å². The quantitative estimate of drug-likeness (QED) is 0.820. The highest BCUT2D eigenvalue weighted by Crippen LogP contribution is 2.16. The third-order valence-corrected chi connectivity index (χ3v) is 2.59. The smallest absolute Gasteiger partial charge is 0.0694 e. The summed E-state index contributed by atoms with van der Waals surface area (Å²) in [7, 11) is 1.95. The van der Waals surface area contributed by atoms with Crippen molar-refractivity contribution < 1.29 is 0 Å². The van der Waals surface area contributed by atoms with E-state index in [4.69, 9.17) is 5.73 Å². The molecule has 0 atom stereocenters. The van der Waals surface area contributed by atoms with Crippen LogP contribution in [0, 0.1) is 5.92 Å². The number of aromatic nitrogens is 2. The minimum Gasteiger partial charge on any atom is -0.327 e. The molecule has 0 bridgehead atoms. The summed E-state index contributed by atoms with van der Waals surface area (Å²) in [5.41, 5.74) is 9.35. The number of aryl methyl sites for hydroxylation is 2. The molecule has 0 unspecified atom stereocenters. The van der Waals surface area contributed by atoms with Gasteiger partial charge in [-0.3, -0.25) is 4.68 Å². The van der Waals surface area contributed by atoms with E-state index in [2.05, 4.69) is 38.1 Å². The zero-order valence-corrected chi connectivity index (χ0v) is 10.1. The van der Waals surface area contributed by atoms with Crippen LogP contribution < -0.4 is 5.73 Å². The fourth-order valence-corrected chi connectivity index (χ4v) is 1.61. The van der Waals surface area contributed by atoms with Gasteiger partial charge in [0.25, 0.3) is 0 Å². The van der Waals surface area contributed by atoms with Gasteiger partial charge in [-0.25, -0.2) is 0 Å². The van der Waals surface area contributed by atoms with E-state index in [9.17, 15) is 0 Å². The Morgan fingerprint density at radius 3 is 2.73 bits per heavy atom. The summed E-state index contributed by atoms with van der Waals surface area (Å²) in [6.45, 7) is 7.08. The monoisotopic (exact) mass is 207 g/mol. The summed E-state index contributed by atoms with van der Waals surface area (Å²) in [5.74, 6) is 0.500. The lowest BCUT2D eigenvalue weighted by Gasteiger charge is -2.08. The summed E-state index contributed by atoms with van der Waals surface area (Å²) >= 11 is 0. The summed E-state index contributed by atoms with van der Waals surface area (Å²) in [6, 6.07) is 0. The topological polar surface area (TPSA) is 43.8 Å². The Kier molecular flexibility index (Phi) is 4.09. The van der Waals surface area contributed by atoms with Gasteiger partial charge < -0.3 is 5.73 Å². The second-order valence-electron chi connectivity index (χ2n) is 4.14. The largest absolute Gasteiger partial charge is 0.327 e. The van der Waals surface area contributed by atoms with Gasteiger partial charge in [-0.15, -0.1) is 0 Å². The molecule has 1 rings (SSSR count). The lowest BCUT2D eigenvalue weighted by atomic mass is 10.0. The van der Waals surface area contributed by atoms with Gasteiger partial charge in [-0.05, 0) is 12.3 Å². The second-order valence-corrected chi connectivity index (χ2v) is 4.14. The van der Waals surface area contributed by atoms with Crippen molar-refractivity contribution in [2.75, 3.05) is 6.54 Å². The molecule has 1 heterocycles. The Morgan fingerprint density at radius 1 is 1.60 bits per heavy atom. The van der Waals surface area contributed by atoms with Crippen LogP contribution in [0.4, 0.5) is 0 Å². The molecule has 3 heteroatoms. The Bertz CT molecular complexity index is 348. The third kappa shape index (κ3) is 2.93. The van der Waals surface area contributed by atoms with E-state index in [1.54, 1.807) is 0 Å². The average Bonchev–Trinajstić information content (AvgIpc) is 2.54. The Balaban J connectivity index is 3.04. The van der Waals surface area contributed by atoms with E-state index in [-0.39, 0.29) is 0 Å². The predicted octanol–water partition coefficient (Wildman–Crippen LogP) is 1.98. The van der Waals surface area contributed by atoms with Crippen LogP contribution in [0.1, 0.15) is 32.0 Å². The van der Waals surface area contributed by atoms with Crippen molar-refractivity contribution >= 4 is 6.08 Å². The van der Waals surface area contributed by atoms with Gasteiger partial charge in [-0.1, -0.05) is 32.4 Å². The van der Waals surface area contributed by atoms with E-state index in [1.807, 2.05) is 11.7 Å². The van der Waals surface area contributed by atoms with Crippen molar-refractivity contribution in [3.63, 3.8) is 0 Å². The van der Waals surface area contributed by atoms with Gasteiger partial charge >= 0.3 is 0 Å². The summed E-state index contributed by atoms with van der Waals surface area (Å²) in [4.78, 5) is 0. The summed E-state index contributed by atoms with van der Waals surface area (Å²) < 4.78 is 1.86. The van der Waals surface area contributed by atoms with Gasteiger partial charge in [0.2, 0.25) is 0 Å². The molecule has 0 aliphatic rings. The standard InChI is InChI=1S/C12H21N3/c1-5-12-11(8-15(4)14-12)6-10(7-13)9(2)3/h6,8-9H,5,7,13H2,1-4H3/b10-6-. The van der Waals surface area contributed by atoms with Gasteiger partial charge in [0.1, 0.15) is 0 Å².